The molecular formula is C15H25N3O. The molecule has 0 aromatic heterocycles. The zero-order valence-electron chi connectivity index (χ0n) is 12.4. The van der Waals surface area contributed by atoms with Gasteiger partial charge in [-0.15, -0.1) is 0 Å². The number of carbonyl (C=O) groups is 1. The average Bonchev–Trinajstić information content (AvgIpc) is 2.35. The Kier molecular flexibility index (Phi) is 5.83. The zero-order valence-corrected chi connectivity index (χ0v) is 12.4. The van der Waals surface area contributed by atoms with Crippen LogP contribution in [0.4, 0.5) is 11.4 Å². The molecule has 1 rings (SSSR count). The molecule has 0 atom stereocenters. The Morgan fingerprint density at radius 3 is 2.47 bits per heavy atom. The second-order valence-corrected chi connectivity index (χ2v) is 5.06. The minimum atomic E-state index is 0.0173. The highest BCUT2D eigenvalue weighted by atomic mass is 16.1. The van der Waals surface area contributed by atoms with Gasteiger partial charge in [-0.3, -0.25) is 4.79 Å². The van der Waals surface area contributed by atoms with Crippen LogP contribution in [-0.4, -0.2) is 44.4 Å². The van der Waals surface area contributed by atoms with Gasteiger partial charge >= 0.3 is 0 Å². The van der Waals surface area contributed by atoms with Crippen LogP contribution in [0.15, 0.2) is 18.2 Å². The van der Waals surface area contributed by atoms with Crippen LogP contribution in [0.5, 0.6) is 0 Å². The first-order valence-electron chi connectivity index (χ1n) is 6.75. The SMILES string of the molecule is CCN(CCCN(C)C)c1ccc(N)c(C(C)=O)c1. The van der Waals surface area contributed by atoms with Gasteiger partial charge in [-0.25, -0.2) is 0 Å². The molecule has 4 heteroatoms. The fourth-order valence-corrected chi connectivity index (χ4v) is 2.09. The molecule has 0 aliphatic heterocycles. The van der Waals surface area contributed by atoms with E-state index in [-0.39, 0.29) is 5.78 Å². The molecule has 19 heavy (non-hydrogen) atoms. The van der Waals surface area contributed by atoms with Crippen LogP contribution in [0.2, 0.25) is 0 Å². The summed E-state index contributed by atoms with van der Waals surface area (Å²) in [5, 5.41) is 0. The van der Waals surface area contributed by atoms with Gasteiger partial charge in [0.05, 0.1) is 0 Å². The van der Waals surface area contributed by atoms with E-state index in [1.807, 2.05) is 18.2 Å². The monoisotopic (exact) mass is 263 g/mol. The Morgan fingerprint density at radius 1 is 1.26 bits per heavy atom. The van der Waals surface area contributed by atoms with Crippen molar-refractivity contribution in [1.82, 2.24) is 4.90 Å². The third-order valence-electron chi connectivity index (χ3n) is 3.20. The van der Waals surface area contributed by atoms with Crippen molar-refractivity contribution in [2.24, 2.45) is 0 Å². The van der Waals surface area contributed by atoms with Crippen LogP contribution in [0, 0.1) is 0 Å². The molecule has 4 nitrogen and oxygen atoms in total. The molecule has 0 unspecified atom stereocenters. The van der Waals surface area contributed by atoms with Crippen LogP contribution in [0.3, 0.4) is 0 Å². The summed E-state index contributed by atoms with van der Waals surface area (Å²) in [6, 6.07) is 5.71. The number of carbonyl (C=O) groups excluding carboxylic acids is 1. The molecule has 106 valence electrons. The second-order valence-electron chi connectivity index (χ2n) is 5.06. The van der Waals surface area contributed by atoms with Crippen molar-refractivity contribution in [2.75, 3.05) is 44.4 Å². The Labute approximate surface area is 116 Å². The maximum absolute atomic E-state index is 11.5. The lowest BCUT2D eigenvalue weighted by Crippen LogP contribution is -2.27. The highest BCUT2D eigenvalue weighted by Crippen LogP contribution is 2.22. The van der Waals surface area contributed by atoms with E-state index in [1.165, 1.54) is 0 Å². The fraction of sp³-hybridized carbons (Fsp3) is 0.533. The molecule has 0 heterocycles. The van der Waals surface area contributed by atoms with Crippen LogP contribution < -0.4 is 10.6 Å². The van der Waals surface area contributed by atoms with Crippen LogP contribution in [0.25, 0.3) is 0 Å². The largest absolute Gasteiger partial charge is 0.398 e. The Hall–Kier alpha value is -1.55. The molecule has 0 aliphatic rings. The van der Waals surface area contributed by atoms with E-state index in [4.69, 9.17) is 5.73 Å². The summed E-state index contributed by atoms with van der Waals surface area (Å²) in [6.07, 6.45) is 1.10. The Morgan fingerprint density at radius 2 is 1.95 bits per heavy atom. The molecule has 2 N–H and O–H groups in total. The van der Waals surface area contributed by atoms with Gasteiger partial charge < -0.3 is 15.5 Å². The standard InChI is InChI=1S/C15H25N3O/c1-5-18(10-6-9-17(3)4)13-7-8-15(16)14(11-13)12(2)19/h7-8,11H,5-6,9-10,16H2,1-4H3. The molecule has 0 saturated carbocycles. The summed E-state index contributed by atoms with van der Waals surface area (Å²) in [5.41, 5.74) is 8.07. The highest BCUT2D eigenvalue weighted by molar-refractivity contribution is 6.00. The van der Waals surface area contributed by atoms with E-state index in [9.17, 15) is 4.79 Å². The molecule has 1 aromatic carbocycles. The van der Waals surface area contributed by atoms with E-state index in [1.54, 1.807) is 6.92 Å². The van der Waals surface area contributed by atoms with Crippen molar-refractivity contribution in [1.29, 1.82) is 0 Å². The lowest BCUT2D eigenvalue weighted by atomic mass is 10.1. The second kappa shape index (κ2) is 7.14. The summed E-state index contributed by atoms with van der Waals surface area (Å²) >= 11 is 0. The van der Waals surface area contributed by atoms with E-state index in [0.717, 1.165) is 31.7 Å². The number of hydrogen-bond acceptors (Lipinski definition) is 4. The highest BCUT2D eigenvalue weighted by Gasteiger charge is 2.10. The molecular weight excluding hydrogens is 238 g/mol. The number of nitrogen functional groups attached to an aromatic ring is 1. The molecule has 0 bridgehead atoms. The number of ketones is 1. The molecule has 0 aliphatic carbocycles. The first-order chi connectivity index (χ1) is 8.95. The zero-order chi connectivity index (χ0) is 14.4. The van der Waals surface area contributed by atoms with Crippen LogP contribution in [0.1, 0.15) is 30.6 Å². The molecule has 0 amide bonds. The van der Waals surface area contributed by atoms with Gasteiger partial charge in [0, 0.05) is 30.0 Å². The topological polar surface area (TPSA) is 49.6 Å². The number of nitrogens with zero attached hydrogens (tertiary/aromatic N) is 2. The van der Waals surface area contributed by atoms with Gasteiger partial charge in [-0.2, -0.15) is 0 Å². The van der Waals surface area contributed by atoms with Gasteiger partial charge in [-0.05, 0) is 59.1 Å². The minimum Gasteiger partial charge on any atom is -0.398 e. The van der Waals surface area contributed by atoms with Crippen molar-refractivity contribution < 1.29 is 4.79 Å². The van der Waals surface area contributed by atoms with Crippen molar-refractivity contribution >= 4 is 17.2 Å². The van der Waals surface area contributed by atoms with Crippen molar-refractivity contribution in [3.63, 3.8) is 0 Å². The normalized spacial score (nSPS) is 10.8. The number of rotatable bonds is 7. The van der Waals surface area contributed by atoms with E-state index >= 15 is 0 Å². The lowest BCUT2D eigenvalue weighted by molar-refractivity contribution is 0.101. The summed E-state index contributed by atoms with van der Waals surface area (Å²) in [4.78, 5) is 16.0. The molecule has 1 aromatic rings. The van der Waals surface area contributed by atoms with Crippen LogP contribution in [-0.2, 0) is 0 Å². The Bertz CT molecular complexity index is 429. The summed E-state index contributed by atoms with van der Waals surface area (Å²) in [5.74, 6) is 0.0173. The number of benzene rings is 1. The molecule has 0 radical (unpaired) electrons. The molecule has 0 spiro atoms. The van der Waals surface area contributed by atoms with E-state index < -0.39 is 0 Å². The first kappa shape index (κ1) is 15.5. The van der Waals surface area contributed by atoms with Gasteiger partial charge in [0.15, 0.2) is 5.78 Å². The smallest absolute Gasteiger partial charge is 0.161 e. The van der Waals surface area contributed by atoms with Crippen molar-refractivity contribution in [3.05, 3.63) is 23.8 Å². The van der Waals surface area contributed by atoms with Crippen LogP contribution >= 0.6 is 0 Å². The van der Waals surface area contributed by atoms with Gasteiger partial charge in [0.1, 0.15) is 0 Å². The first-order valence-corrected chi connectivity index (χ1v) is 6.75. The number of anilines is 2. The van der Waals surface area contributed by atoms with Crippen molar-refractivity contribution in [2.45, 2.75) is 20.3 Å². The van der Waals surface area contributed by atoms with Crippen molar-refractivity contribution in [3.8, 4) is 0 Å². The van der Waals surface area contributed by atoms with E-state index in [0.29, 0.717) is 11.3 Å². The van der Waals surface area contributed by atoms with Gasteiger partial charge in [0.25, 0.3) is 0 Å². The minimum absolute atomic E-state index is 0.0173. The number of nitrogens with two attached hydrogens (primary N) is 1. The van der Waals surface area contributed by atoms with E-state index in [2.05, 4.69) is 30.8 Å². The number of hydrogen-bond donors (Lipinski definition) is 1. The maximum Gasteiger partial charge on any atom is 0.161 e. The Balaban J connectivity index is 2.81. The lowest BCUT2D eigenvalue weighted by Gasteiger charge is -2.24. The fourth-order valence-electron chi connectivity index (χ4n) is 2.09. The third-order valence-corrected chi connectivity index (χ3v) is 3.20. The molecule has 0 saturated heterocycles. The predicted octanol–water partition coefficient (Wildman–Crippen LogP) is 2.25. The number of Topliss-reactive ketones (excluding diaryl/α,β-unsaturated/α-hetero) is 1. The third kappa shape index (κ3) is 4.56. The maximum atomic E-state index is 11.5. The van der Waals surface area contributed by atoms with Gasteiger partial charge in [0.2, 0.25) is 0 Å². The summed E-state index contributed by atoms with van der Waals surface area (Å²) in [7, 11) is 4.15. The summed E-state index contributed by atoms with van der Waals surface area (Å²) < 4.78 is 0. The quantitative estimate of drug-likeness (QED) is 0.605. The molecule has 0 fully saturated rings. The summed E-state index contributed by atoms with van der Waals surface area (Å²) in [6.45, 7) is 6.65. The average molecular weight is 263 g/mol. The predicted molar refractivity (Wildman–Crippen MR) is 81.9 cm³/mol. The van der Waals surface area contributed by atoms with Gasteiger partial charge in [-0.1, -0.05) is 0 Å².